The summed E-state index contributed by atoms with van der Waals surface area (Å²) in [6.45, 7) is 4.89. The average molecular weight is 320 g/mol. The van der Waals surface area contributed by atoms with E-state index in [4.69, 9.17) is 4.74 Å². The molecular weight excluding hydrogens is 295 g/mol. The fourth-order valence-corrected chi connectivity index (χ4v) is 3.45. The lowest BCUT2D eigenvalue weighted by molar-refractivity contribution is -0.137. The molecule has 1 saturated heterocycles. The first-order valence-electron chi connectivity index (χ1n) is 8.62. The third-order valence-electron chi connectivity index (χ3n) is 4.88. The highest BCUT2D eigenvalue weighted by Gasteiger charge is 2.29. The number of hydrogen-bond donors (Lipinski definition) is 0. The molecule has 126 valence electrons. The van der Waals surface area contributed by atoms with Crippen LogP contribution in [0.25, 0.3) is 0 Å². The van der Waals surface area contributed by atoms with Gasteiger partial charge >= 0.3 is 0 Å². The van der Waals surface area contributed by atoms with Crippen molar-refractivity contribution >= 4 is 5.91 Å². The van der Waals surface area contributed by atoms with Gasteiger partial charge < -0.3 is 9.64 Å². The molecule has 3 rings (SSSR count). The number of ether oxygens (including phenoxy) is 1. The first-order chi connectivity index (χ1) is 11.2. The molecule has 1 aromatic rings. The Bertz CT molecular complexity index is 506. The van der Waals surface area contributed by atoms with Crippen molar-refractivity contribution in [2.75, 3.05) is 39.3 Å². The number of benzene rings is 1. The summed E-state index contributed by atoms with van der Waals surface area (Å²) < 4.78 is 18.4. The molecule has 0 unspecified atom stereocenters. The molecule has 0 N–H and O–H groups in total. The fourth-order valence-electron chi connectivity index (χ4n) is 3.45. The van der Waals surface area contributed by atoms with E-state index in [-0.39, 0.29) is 11.7 Å². The van der Waals surface area contributed by atoms with Crippen molar-refractivity contribution in [1.82, 2.24) is 9.80 Å². The number of carbonyl (C=O) groups is 1. The van der Waals surface area contributed by atoms with E-state index in [0.717, 1.165) is 45.6 Å². The summed E-state index contributed by atoms with van der Waals surface area (Å²) in [4.78, 5) is 16.7. The predicted molar refractivity (Wildman–Crippen MR) is 86.9 cm³/mol. The predicted octanol–water partition coefficient (Wildman–Crippen LogP) is 2.54. The Hall–Kier alpha value is -1.62. The van der Waals surface area contributed by atoms with Crippen molar-refractivity contribution in [2.24, 2.45) is 5.92 Å². The summed E-state index contributed by atoms with van der Waals surface area (Å²) in [5.41, 5.74) is 0. The molecule has 1 aromatic carbocycles. The van der Waals surface area contributed by atoms with Crippen LogP contribution in [-0.4, -0.2) is 55.0 Å². The Morgan fingerprint density at radius 1 is 1.09 bits per heavy atom. The van der Waals surface area contributed by atoms with Gasteiger partial charge in [-0.05, 0) is 37.1 Å². The molecule has 1 heterocycles. The quantitative estimate of drug-likeness (QED) is 0.836. The van der Waals surface area contributed by atoms with Crippen molar-refractivity contribution in [3.05, 3.63) is 30.1 Å². The number of carbonyl (C=O) groups excluding carboxylic acids is 1. The van der Waals surface area contributed by atoms with Gasteiger partial charge in [-0.2, -0.15) is 0 Å². The van der Waals surface area contributed by atoms with E-state index in [1.165, 1.54) is 25.0 Å². The number of amides is 1. The third kappa shape index (κ3) is 4.44. The van der Waals surface area contributed by atoms with Gasteiger partial charge in [0.15, 0.2) is 0 Å². The molecule has 1 aliphatic carbocycles. The average Bonchev–Trinajstić information content (AvgIpc) is 3.11. The third-order valence-corrected chi connectivity index (χ3v) is 4.88. The molecule has 0 spiro atoms. The Labute approximate surface area is 137 Å². The van der Waals surface area contributed by atoms with E-state index in [2.05, 4.69) is 4.90 Å². The van der Waals surface area contributed by atoms with Crippen LogP contribution in [0, 0.1) is 11.7 Å². The van der Waals surface area contributed by atoms with Gasteiger partial charge in [-0.15, -0.1) is 0 Å². The van der Waals surface area contributed by atoms with Crippen molar-refractivity contribution in [3.8, 4) is 5.75 Å². The van der Waals surface area contributed by atoms with Crippen molar-refractivity contribution in [1.29, 1.82) is 0 Å². The zero-order valence-corrected chi connectivity index (χ0v) is 13.5. The molecule has 1 aliphatic heterocycles. The highest BCUT2D eigenvalue weighted by molar-refractivity contribution is 5.79. The monoisotopic (exact) mass is 320 g/mol. The highest BCUT2D eigenvalue weighted by Crippen LogP contribution is 2.26. The van der Waals surface area contributed by atoms with E-state index in [9.17, 15) is 9.18 Å². The minimum absolute atomic E-state index is 0.250. The van der Waals surface area contributed by atoms with Crippen molar-refractivity contribution in [2.45, 2.75) is 25.7 Å². The summed E-state index contributed by atoms with van der Waals surface area (Å²) in [5, 5.41) is 0. The molecule has 4 nitrogen and oxygen atoms in total. The number of hydrogen-bond acceptors (Lipinski definition) is 3. The van der Waals surface area contributed by atoms with Gasteiger partial charge in [-0.3, -0.25) is 9.69 Å². The summed E-state index contributed by atoms with van der Waals surface area (Å²) in [6, 6.07) is 6.10. The van der Waals surface area contributed by atoms with E-state index in [1.54, 1.807) is 12.1 Å². The summed E-state index contributed by atoms with van der Waals surface area (Å²) >= 11 is 0. The van der Waals surface area contributed by atoms with E-state index in [1.807, 2.05) is 4.90 Å². The van der Waals surface area contributed by atoms with Crippen LogP contribution < -0.4 is 4.74 Å². The molecule has 2 fully saturated rings. The van der Waals surface area contributed by atoms with Gasteiger partial charge in [0.25, 0.3) is 0 Å². The molecule has 0 bridgehead atoms. The minimum atomic E-state index is -0.250. The summed E-state index contributed by atoms with van der Waals surface area (Å²) in [6.07, 6.45) is 4.56. The second-order valence-corrected chi connectivity index (χ2v) is 6.45. The molecule has 0 atom stereocenters. The van der Waals surface area contributed by atoms with Crippen LogP contribution in [0.1, 0.15) is 25.7 Å². The van der Waals surface area contributed by atoms with Gasteiger partial charge in [-0.25, -0.2) is 4.39 Å². The Morgan fingerprint density at radius 2 is 1.74 bits per heavy atom. The zero-order valence-electron chi connectivity index (χ0n) is 13.5. The van der Waals surface area contributed by atoms with Crippen LogP contribution in [0.2, 0.25) is 0 Å². The van der Waals surface area contributed by atoms with Gasteiger partial charge in [-0.1, -0.05) is 12.8 Å². The van der Waals surface area contributed by atoms with Crippen LogP contribution in [0.3, 0.4) is 0 Å². The maximum atomic E-state index is 12.8. The maximum Gasteiger partial charge on any atom is 0.225 e. The summed E-state index contributed by atoms with van der Waals surface area (Å²) in [7, 11) is 0. The second kappa shape index (κ2) is 7.77. The highest BCUT2D eigenvalue weighted by atomic mass is 19.1. The molecule has 1 saturated carbocycles. The number of nitrogens with zero attached hydrogens (tertiary/aromatic N) is 2. The molecule has 1 amide bonds. The van der Waals surface area contributed by atoms with Gasteiger partial charge in [0, 0.05) is 38.6 Å². The van der Waals surface area contributed by atoms with E-state index < -0.39 is 0 Å². The van der Waals surface area contributed by atoms with Gasteiger partial charge in [0.05, 0.1) is 0 Å². The smallest absolute Gasteiger partial charge is 0.225 e. The lowest BCUT2D eigenvalue weighted by Crippen LogP contribution is -2.50. The van der Waals surface area contributed by atoms with Crippen LogP contribution in [0.5, 0.6) is 5.75 Å². The molecular formula is C18H25FN2O2. The number of piperazine rings is 1. The fraction of sp³-hybridized carbons (Fsp3) is 0.611. The van der Waals surface area contributed by atoms with Crippen LogP contribution in [0.15, 0.2) is 24.3 Å². The largest absolute Gasteiger partial charge is 0.492 e. The lowest BCUT2D eigenvalue weighted by atomic mass is 10.1. The molecule has 0 aromatic heterocycles. The normalized spacial score (nSPS) is 20.0. The number of rotatable bonds is 5. The van der Waals surface area contributed by atoms with Crippen LogP contribution in [0.4, 0.5) is 4.39 Å². The Kier molecular flexibility index (Phi) is 5.49. The number of halogens is 1. The minimum Gasteiger partial charge on any atom is -0.492 e. The van der Waals surface area contributed by atoms with Crippen molar-refractivity contribution in [3.63, 3.8) is 0 Å². The van der Waals surface area contributed by atoms with Gasteiger partial charge in [0.2, 0.25) is 5.91 Å². The SMILES string of the molecule is O=C(C1CCCC1)N1CCN(CCOc2ccc(F)cc2)CC1. The molecule has 2 aliphatic rings. The molecule has 23 heavy (non-hydrogen) atoms. The lowest BCUT2D eigenvalue weighted by Gasteiger charge is -2.35. The standard InChI is InChI=1S/C18H25FN2O2/c19-16-5-7-17(8-6-16)23-14-13-20-9-11-21(12-10-20)18(22)15-3-1-2-4-15/h5-8,15H,1-4,9-14H2. The first kappa shape index (κ1) is 16.2. The van der Waals surface area contributed by atoms with Crippen molar-refractivity contribution < 1.29 is 13.9 Å². The summed E-state index contributed by atoms with van der Waals surface area (Å²) in [5.74, 6) is 1.09. The van der Waals surface area contributed by atoms with Crippen LogP contribution >= 0.6 is 0 Å². The maximum absolute atomic E-state index is 12.8. The second-order valence-electron chi connectivity index (χ2n) is 6.45. The van der Waals surface area contributed by atoms with Gasteiger partial charge in [0.1, 0.15) is 18.2 Å². The topological polar surface area (TPSA) is 32.8 Å². The van der Waals surface area contributed by atoms with E-state index >= 15 is 0 Å². The Morgan fingerprint density at radius 3 is 2.39 bits per heavy atom. The Balaban J connectivity index is 1.36. The molecule has 0 radical (unpaired) electrons. The first-order valence-corrected chi connectivity index (χ1v) is 8.62. The molecule has 5 heteroatoms. The van der Waals surface area contributed by atoms with E-state index in [0.29, 0.717) is 18.3 Å². The zero-order chi connectivity index (χ0) is 16.1. The van der Waals surface area contributed by atoms with Crippen LogP contribution in [-0.2, 0) is 4.79 Å².